The average molecular weight is 441 g/mol. The minimum Gasteiger partial charge on any atom is -0.474 e. The van der Waals surface area contributed by atoms with Crippen molar-refractivity contribution in [3.63, 3.8) is 0 Å². The Balaban J connectivity index is 1.57. The number of esters is 1. The van der Waals surface area contributed by atoms with Crippen molar-refractivity contribution in [1.82, 2.24) is 15.0 Å². The van der Waals surface area contributed by atoms with Gasteiger partial charge in [-0.15, -0.1) is 0 Å². The number of primary amides is 1. The van der Waals surface area contributed by atoms with Crippen LogP contribution in [0.4, 0.5) is 0 Å². The SMILES string of the molecule is Cc1nc(C)c(-c2ccc(OC3CCC(CC(=O)OC(C)(C)C)CC3)nc2)nc1C(N)=O. The van der Waals surface area contributed by atoms with Gasteiger partial charge >= 0.3 is 5.97 Å². The summed E-state index contributed by atoms with van der Waals surface area (Å²) >= 11 is 0. The molecule has 0 aromatic carbocycles. The van der Waals surface area contributed by atoms with Gasteiger partial charge in [0, 0.05) is 24.2 Å². The van der Waals surface area contributed by atoms with Gasteiger partial charge in [-0.1, -0.05) is 0 Å². The zero-order chi connectivity index (χ0) is 23.5. The number of nitrogens with two attached hydrogens (primary N) is 1. The first kappa shape index (κ1) is 23.6. The van der Waals surface area contributed by atoms with Gasteiger partial charge in [-0.25, -0.2) is 9.97 Å². The summed E-state index contributed by atoms with van der Waals surface area (Å²) in [5.74, 6) is 0.138. The van der Waals surface area contributed by atoms with E-state index < -0.39 is 11.5 Å². The van der Waals surface area contributed by atoms with E-state index in [2.05, 4.69) is 15.0 Å². The minimum absolute atomic E-state index is 0.0746. The predicted molar refractivity (Wildman–Crippen MR) is 120 cm³/mol. The number of carbonyl (C=O) groups is 2. The fourth-order valence-corrected chi connectivity index (χ4v) is 3.97. The van der Waals surface area contributed by atoms with E-state index in [0.29, 0.717) is 35.3 Å². The lowest BCUT2D eigenvalue weighted by atomic mass is 9.85. The van der Waals surface area contributed by atoms with Crippen LogP contribution < -0.4 is 10.5 Å². The van der Waals surface area contributed by atoms with Crippen LogP contribution in [-0.2, 0) is 9.53 Å². The highest BCUT2D eigenvalue weighted by Crippen LogP contribution is 2.30. The lowest BCUT2D eigenvalue weighted by Crippen LogP contribution is -2.28. The quantitative estimate of drug-likeness (QED) is 0.676. The van der Waals surface area contributed by atoms with E-state index in [9.17, 15) is 9.59 Å². The third kappa shape index (κ3) is 6.24. The minimum atomic E-state index is -0.605. The molecule has 2 aromatic heterocycles. The summed E-state index contributed by atoms with van der Waals surface area (Å²) in [6.45, 7) is 9.20. The second-order valence-corrected chi connectivity index (χ2v) is 9.39. The van der Waals surface area contributed by atoms with E-state index in [4.69, 9.17) is 15.2 Å². The summed E-state index contributed by atoms with van der Waals surface area (Å²) in [4.78, 5) is 36.8. The van der Waals surface area contributed by atoms with Gasteiger partial charge < -0.3 is 15.2 Å². The molecule has 1 fully saturated rings. The van der Waals surface area contributed by atoms with E-state index in [1.54, 1.807) is 19.2 Å². The lowest BCUT2D eigenvalue weighted by molar-refractivity contribution is -0.156. The van der Waals surface area contributed by atoms with E-state index in [1.165, 1.54) is 0 Å². The van der Waals surface area contributed by atoms with Crippen molar-refractivity contribution in [3.8, 4) is 17.1 Å². The van der Waals surface area contributed by atoms with Crippen LogP contribution in [0.5, 0.6) is 5.88 Å². The molecule has 2 aromatic rings. The number of carbonyl (C=O) groups excluding carboxylic acids is 2. The molecule has 172 valence electrons. The number of rotatable bonds is 6. The van der Waals surface area contributed by atoms with Crippen LogP contribution in [-0.4, -0.2) is 38.5 Å². The second-order valence-electron chi connectivity index (χ2n) is 9.39. The number of aryl methyl sites for hydroxylation is 2. The molecular weight excluding hydrogens is 408 g/mol. The molecule has 2 N–H and O–H groups in total. The molecule has 0 radical (unpaired) electrons. The first-order valence-electron chi connectivity index (χ1n) is 11.0. The molecule has 1 aliphatic rings. The largest absolute Gasteiger partial charge is 0.474 e. The molecule has 2 heterocycles. The smallest absolute Gasteiger partial charge is 0.306 e. The van der Waals surface area contributed by atoms with Crippen LogP contribution in [0.1, 0.15) is 74.8 Å². The number of pyridine rings is 1. The standard InChI is InChI=1S/C24H32N4O4/c1-14-21(28-22(23(25)30)15(2)27-14)17-8-11-19(26-13-17)31-18-9-6-16(7-10-18)12-20(29)32-24(3,4)5/h8,11,13,16,18H,6-7,9-10,12H2,1-5H3,(H2,25,30). The summed E-state index contributed by atoms with van der Waals surface area (Å²) in [7, 11) is 0. The number of hydrogen-bond donors (Lipinski definition) is 1. The zero-order valence-corrected chi connectivity index (χ0v) is 19.5. The Morgan fingerprint density at radius 3 is 2.31 bits per heavy atom. The number of nitrogens with zero attached hydrogens (tertiary/aromatic N) is 3. The molecule has 32 heavy (non-hydrogen) atoms. The molecule has 0 bridgehead atoms. The van der Waals surface area contributed by atoms with Crippen molar-refractivity contribution in [2.75, 3.05) is 0 Å². The van der Waals surface area contributed by atoms with E-state index in [1.807, 2.05) is 33.8 Å². The maximum Gasteiger partial charge on any atom is 0.306 e. The second kappa shape index (κ2) is 9.63. The van der Waals surface area contributed by atoms with Crippen LogP contribution in [0, 0.1) is 19.8 Å². The molecule has 8 nitrogen and oxygen atoms in total. The normalized spacial score (nSPS) is 18.8. The van der Waals surface area contributed by atoms with Crippen molar-refractivity contribution in [1.29, 1.82) is 0 Å². The highest BCUT2D eigenvalue weighted by atomic mass is 16.6. The van der Waals surface area contributed by atoms with Crippen molar-refractivity contribution in [3.05, 3.63) is 35.4 Å². The fourth-order valence-electron chi connectivity index (χ4n) is 3.97. The van der Waals surface area contributed by atoms with Gasteiger partial charge in [0.2, 0.25) is 5.88 Å². The highest BCUT2D eigenvalue weighted by Gasteiger charge is 2.26. The third-order valence-corrected chi connectivity index (χ3v) is 5.44. The molecule has 0 spiro atoms. The topological polar surface area (TPSA) is 117 Å². The number of amides is 1. The number of ether oxygens (including phenoxy) is 2. The summed E-state index contributed by atoms with van der Waals surface area (Å²) in [5.41, 5.74) is 7.64. The number of hydrogen-bond acceptors (Lipinski definition) is 7. The van der Waals surface area contributed by atoms with Crippen molar-refractivity contribution in [2.45, 2.75) is 78.4 Å². The fraction of sp³-hybridized carbons (Fsp3) is 0.542. The van der Waals surface area contributed by atoms with Gasteiger partial charge in [-0.3, -0.25) is 14.6 Å². The monoisotopic (exact) mass is 440 g/mol. The third-order valence-electron chi connectivity index (χ3n) is 5.44. The van der Waals surface area contributed by atoms with E-state index in [-0.39, 0.29) is 17.8 Å². The van der Waals surface area contributed by atoms with Gasteiger partial charge in [0.1, 0.15) is 17.4 Å². The summed E-state index contributed by atoms with van der Waals surface area (Å²) in [6.07, 6.45) is 5.81. The van der Waals surface area contributed by atoms with Crippen LogP contribution >= 0.6 is 0 Å². The first-order valence-corrected chi connectivity index (χ1v) is 11.0. The summed E-state index contributed by atoms with van der Waals surface area (Å²) < 4.78 is 11.5. The first-order chi connectivity index (χ1) is 15.0. The van der Waals surface area contributed by atoms with Crippen molar-refractivity contribution in [2.24, 2.45) is 11.7 Å². The van der Waals surface area contributed by atoms with Crippen LogP contribution in [0.3, 0.4) is 0 Å². The van der Waals surface area contributed by atoms with E-state index in [0.717, 1.165) is 31.2 Å². The average Bonchev–Trinajstić information content (AvgIpc) is 2.68. The van der Waals surface area contributed by atoms with Crippen molar-refractivity contribution < 1.29 is 19.1 Å². The molecular formula is C24H32N4O4. The molecule has 0 unspecified atom stereocenters. The Morgan fingerprint density at radius 2 is 1.75 bits per heavy atom. The molecule has 1 amide bonds. The maximum atomic E-state index is 12.1. The summed E-state index contributed by atoms with van der Waals surface area (Å²) in [6, 6.07) is 3.65. The van der Waals surface area contributed by atoms with Crippen LogP contribution in [0.2, 0.25) is 0 Å². The van der Waals surface area contributed by atoms with Crippen LogP contribution in [0.15, 0.2) is 18.3 Å². The van der Waals surface area contributed by atoms with E-state index >= 15 is 0 Å². The summed E-state index contributed by atoms with van der Waals surface area (Å²) in [5, 5.41) is 0. The van der Waals surface area contributed by atoms with Gasteiger partial charge in [-0.05, 0) is 72.3 Å². The molecule has 1 saturated carbocycles. The Labute approximate surface area is 189 Å². The zero-order valence-electron chi connectivity index (χ0n) is 19.5. The maximum absolute atomic E-state index is 12.1. The van der Waals surface area contributed by atoms with Gasteiger partial charge in [-0.2, -0.15) is 0 Å². The Morgan fingerprint density at radius 1 is 1.06 bits per heavy atom. The Hall–Kier alpha value is -3.03. The molecule has 8 heteroatoms. The Bertz CT molecular complexity index is 975. The number of aromatic nitrogens is 3. The van der Waals surface area contributed by atoms with Gasteiger partial charge in [0.05, 0.1) is 17.1 Å². The van der Waals surface area contributed by atoms with Crippen LogP contribution in [0.25, 0.3) is 11.3 Å². The van der Waals surface area contributed by atoms with Gasteiger partial charge in [0.15, 0.2) is 0 Å². The van der Waals surface area contributed by atoms with Crippen molar-refractivity contribution >= 4 is 11.9 Å². The predicted octanol–water partition coefficient (Wildman–Crippen LogP) is 3.92. The molecule has 1 aliphatic carbocycles. The molecule has 0 saturated heterocycles. The van der Waals surface area contributed by atoms with Gasteiger partial charge in [0.25, 0.3) is 5.91 Å². The lowest BCUT2D eigenvalue weighted by Gasteiger charge is -2.29. The molecule has 0 atom stereocenters. The molecule has 0 aliphatic heterocycles. The Kier molecular flexibility index (Phi) is 7.11. The highest BCUT2D eigenvalue weighted by molar-refractivity contribution is 5.92. The molecule has 3 rings (SSSR count).